The Morgan fingerprint density at radius 3 is 2.73 bits per heavy atom. The lowest BCUT2D eigenvalue weighted by molar-refractivity contribution is -0.120. The molecule has 0 fully saturated rings. The first-order chi connectivity index (χ1) is 12.5. The summed E-state index contributed by atoms with van der Waals surface area (Å²) in [5, 5.41) is 9.82. The van der Waals surface area contributed by atoms with Gasteiger partial charge in [-0.3, -0.25) is 14.9 Å². The zero-order chi connectivity index (χ0) is 18.5. The molecule has 0 bridgehead atoms. The van der Waals surface area contributed by atoms with Crippen molar-refractivity contribution in [2.45, 2.75) is 26.8 Å². The van der Waals surface area contributed by atoms with Crippen molar-refractivity contribution in [1.29, 1.82) is 0 Å². The maximum absolute atomic E-state index is 12.2. The summed E-state index contributed by atoms with van der Waals surface area (Å²) < 4.78 is 0. The highest BCUT2D eigenvalue weighted by molar-refractivity contribution is 7.14. The maximum Gasteiger partial charge on any atom is 0.267 e. The molecule has 2 N–H and O–H groups in total. The first-order valence-corrected chi connectivity index (χ1v) is 9.89. The summed E-state index contributed by atoms with van der Waals surface area (Å²) in [7, 11) is 0. The van der Waals surface area contributed by atoms with Crippen LogP contribution in [0.25, 0.3) is 0 Å². The van der Waals surface area contributed by atoms with E-state index >= 15 is 0 Å². The van der Waals surface area contributed by atoms with Gasteiger partial charge in [0.25, 0.3) is 5.91 Å². The van der Waals surface area contributed by atoms with Gasteiger partial charge in [0.1, 0.15) is 0 Å². The highest BCUT2D eigenvalue weighted by Crippen LogP contribution is 2.18. The Morgan fingerprint density at radius 2 is 2.00 bits per heavy atom. The number of hydrogen-bond donors (Lipinski definition) is 2. The maximum atomic E-state index is 12.2. The molecule has 0 aliphatic carbocycles. The number of hydrogen-bond acceptors (Lipinski definition) is 5. The van der Waals surface area contributed by atoms with Crippen LogP contribution in [-0.4, -0.2) is 16.8 Å². The lowest BCUT2D eigenvalue weighted by Gasteiger charge is -2.08. The van der Waals surface area contributed by atoms with Crippen LogP contribution in [0.2, 0.25) is 0 Å². The molecule has 134 valence electrons. The van der Waals surface area contributed by atoms with Crippen LogP contribution >= 0.6 is 22.7 Å². The van der Waals surface area contributed by atoms with Gasteiger partial charge in [0, 0.05) is 11.9 Å². The molecule has 2 heterocycles. The third-order valence-electron chi connectivity index (χ3n) is 3.83. The zero-order valence-electron chi connectivity index (χ0n) is 14.5. The number of anilines is 1. The number of aromatic nitrogens is 1. The molecule has 0 aliphatic rings. The Bertz CT molecular complexity index is 917. The minimum Gasteiger partial charge on any atom is -0.352 e. The van der Waals surface area contributed by atoms with Gasteiger partial charge in [-0.05, 0) is 36.4 Å². The van der Waals surface area contributed by atoms with Gasteiger partial charge in [-0.1, -0.05) is 29.8 Å². The van der Waals surface area contributed by atoms with E-state index in [9.17, 15) is 9.59 Å². The van der Waals surface area contributed by atoms with Gasteiger partial charge >= 0.3 is 0 Å². The van der Waals surface area contributed by atoms with E-state index in [0.717, 1.165) is 11.1 Å². The third-order valence-corrected chi connectivity index (χ3v) is 5.51. The molecule has 2 aromatic heterocycles. The van der Waals surface area contributed by atoms with Gasteiger partial charge in [0.2, 0.25) is 5.91 Å². The van der Waals surface area contributed by atoms with Gasteiger partial charge in [-0.25, -0.2) is 4.98 Å². The average molecular weight is 386 g/mol. The van der Waals surface area contributed by atoms with Crippen molar-refractivity contribution in [2.24, 2.45) is 0 Å². The Labute approximate surface area is 160 Å². The first kappa shape index (κ1) is 18.3. The second-order valence-corrected chi connectivity index (χ2v) is 7.76. The van der Waals surface area contributed by atoms with E-state index < -0.39 is 0 Å². The summed E-state index contributed by atoms with van der Waals surface area (Å²) in [6, 6.07) is 9.76. The molecule has 1 aromatic carbocycles. The molecule has 0 radical (unpaired) electrons. The summed E-state index contributed by atoms with van der Waals surface area (Å²) in [6.45, 7) is 4.58. The van der Waals surface area contributed by atoms with E-state index in [1.165, 1.54) is 28.2 Å². The number of amides is 2. The Hall–Kier alpha value is -2.51. The summed E-state index contributed by atoms with van der Waals surface area (Å²) in [6.07, 6.45) is 0.191. The van der Waals surface area contributed by atoms with Crippen LogP contribution in [0.4, 0.5) is 5.13 Å². The second-order valence-electron chi connectivity index (χ2n) is 5.96. The predicted molar refractivity (Wildman–Crippen MR) is 106 cm³/mol. The number of thiazole rings is 1. The van der Waals surface area contributed by atoms with Crippen LogP contribution in [0.1, 0.15) is 32.1 Å². The van der Waals surface area contributed by atoms with Gasteiger partial charge < -0.3 is 5.32 Å². The molecule has 0 unspecified atom stereocenters. The topological polar surface area (TPSA) is 71.1 Å². The van der Waals surface area contributed by atoms with Crippen molar-refractivity contribution >= 4 is 39.6 Å². The molecule has 0 saturated carbocycles. The van der Waals surface area contributed by atoms with Gasteiger partial charge in [0.05, 0.1) is 17.0 Å². The standard InChI is InChI=1S/C19H19N3O2S2/c1-12-5-6-14(13(2)8-12)10-20-17(23)9-15-11-26-19(21-15)22-18(24)16-4-3-7-25-16/h3-8,11H,9-10H2,1-2H3,(H,20,23)(H,21,22,24). The minimum absolute atomic E-state index is 0.0913. The summed E-state index contributed by atoms with van der Waals surface area (Å²) in [5.74, 6) is -0.272. The fraction of sp³-hybridized carbons (Fsp3) is 0.211. The number of nitrogens with zero attached hydrogens (tertiary/aromatic N) is 1. The molecule has 26 heavy (non-hydrogen) atoms. The minimum atomic E-state index is -0.180. The molecule has 5 nitrogen and oxygen atoms in total. The first-order valence-electron chi connectivity index (χ1n) is 8.13. The van der Waals surface area contributed by atoms with Crippen molar-refractivity contribution < 1.29 is 9.59 Å². The molecule has 2 amide bonds. The Kier molecular flexibility index (Phi) is 5.80. The number of carbonyl (C=O) groups is 2. The van der Waals surface area contributed by atoms with Gasteiger partial charge in [-0.15, -0.1) is 22.7 Å². The van der Waals surface area contributed by atoms with Crippen molar-refractivity contribution in [3.63, 3.8) is 0 Å². The van der Waals surface area contributed by atoms with Crippen molar-refractivity contribution in [3.05, 3.63) is 68.4 Å². The molecule has 0 saturated heterocycles. The molecule has 7 heteroatoms. The van der Waals surface area contributed by atoms with Crippen LogP contribution in [0.3, 0.4) is 0 Å². The summed E-state index contributed by atoms with van der Waals surface area (Å²) in [5.41, 5.74) is 4.12. The van der Waals surface area contributed by atoms with Gasteiger partial charge in [0.15, 0.2) is 5.13 Å². The average Bonchev–Trinajstić information content (AvgIpc) is 3.26. The fourth-order valence-corrected chi connectivity index (χ4v) is 3.80. The normalized spacial score (nSPS) is 10.5. The van der Waals surface area contributed by atoms with E-state index in [2.05, 4.69) is 21.7 Å². The lowest BCUT2D eigenvalue weighted by Crippen LogP contribution is -2.25. The van der Waals surface area contributed by atoms with Crippen LogP contribution in [0.15, 0.2) is 41.1 Å². The number of nitrogens with one attached hydrogen (secondary N) is 2. The second kappa shape index (κ2) is 8.25. The molecule has 3 rings (SSSR count). The Morgan fingerprint density at radius 1 is 1.15 bits per heavy atom. The van der Waals surface area contributed by atoms with Crippen LogP contribution in [0, 0.1) is 13.8 Å². The Balaban J connectivity index is 1.52. The fourth-order valence-electron chi connectivity index (χ4n) is 2.48. The zero-order valence-corrected chi connectivity index (χ0v) is 16.2. The molecule has 0 aliphatic heterocycles. The molecular weight excluding hydrogens is 366 g/mol. The largest absolute Gasteiger partial charge is 0.352 e. The highest BCUT2D eigenvalue weighted by Gasteiger charge is 2.12. The number of aryl methyl sites for hydroxylation is 2. The van der Waals surface area contributed by atoms with Crippen molar-refractivity contribution in [3.8, 4) is 0 Å². The number of carbonyl (C=O) groups excluding carboxylic acids is 2. The quantitative estimate of drug-likeness (QED) is 0.675. The highest BCUT2D eigenvalue weighted by atomic mass is 32.1. The van der Waals surface area contributed by atoms with E-state index in [4.69, 9.17) is 0 Å². The van der Waals surface area contributed by atoms with Gasteiger partial charge in [-0.2, -0.15) is 0 Å². The monoisotopic (exact) mass is 385 g/mol. The van der Waals surface area contributed by atoms with Crippen LogP contribution in [-0.2, 0) is 17.8 Å². The summed E-state index contributed by atoms with van der Waals surface area (Å²) >= 11 is 2.69. The van der Waals surface area contributed by atoms with E-state index in [-0.39, 0.29) is 18.2 Å². The summed E-state index contributed by atoms with van der Waals surface area (Å²) in [4.78, 5) is 29.1. The third kappa shape index (κ3) is 4.77. The number of benzene rings is 1. The molecular formula is C19H19N3O2S2. The molecule has 0 spiro atoms. The number of rotatable bonds is 6. The van der Waals surface area contributed by atoms with E-state index in [1.54, 1.807) is 11.4 Å². The SMILES string of the molecule is Cc1ccc(CNC(=O)Cc2csc(NC(=O)c3cccs3)n2)c(C)c1. The molecule has 0 atom stereocenters. The van der Waals surface area contributed by atoms with E-state index in [1.807, 2.05) is 37.4 Å². The molecule has 3 aromatic rings. The number of thiophene rings is 1. The smallest absolute Gasteiger partial charge is 0.267 e. The predicted octanol–water partition coefficient (Wildman–Crippen LogP) is 3.93. The van der Waals surface area contributed by atoms with Crippen molar-refractivity contribution in [1.82, 2.24) is 10.3 Å². The van der Waals surface area contributed by atoms with Crippen molar-refractivity contribution in [2.75, 3.05) is 5.32 Å². The van der Waals surface area contributed by atoms with E-state index in [0.29, 0.717) is 22.2 Å². The van der Waals surface area contributed by atoms with Crippen LogP contribution in [0.5, 0.6) is 0 Å². The lowest BCUT2D eigenvalue weighted by atomic mass is 10.1. The van der Waals surface area contributed by atoms with Crippen LogP contribution < -0.4 is 10.6 Å².